The van der Waals surface area contributed by atoms with Gasteiger partial charge in [0.25, 0.3) is 0 Å². The summed E-state index contributed by atoms with van der Waals surface area (Å²) in [4.78, 5) is 12.1. The van der Waals surface area contributed by atoms with Gasteiger partial charge in [-0.1, -0.05) is 132 Å². The molecule has 0 spiro atoms. The molecule has 0 saturated heterocycles. The highest BCUT2D eigenvalue weighted by atomic mass is 16.6. The lowest BCUT2D eigenvalue weighted by atomic mass is 10.1. The Labute approximate surface area is 260 Å². The molecule has 0 aromatic heterocycles. The molecule has 4 nitrogen and oxygen atoms in total. The van der Waals surface area contributed by atoms with Crippen molar-refractivity contribution in [1.82, 2.24) is 0 Å². The standard InChI is InChI=1S/C38H66O4/c1-3-5-7-9-11-13-15-17-19-20-21-23-25-27-29-31-33-38(40)42-37(35-39)36-41-34-32-30-28-26-24-22-18-16-14-12-10-8-6-4-2/h6,8,12,14,18-20,22,26,28,37,39H,3-5,7,9-11,13,15-17,21,23-25,27,29-36H2,1-2H3/b8-6-,14-12-,20-19-,22-18-,28-26-. The van der Waals surface area contributed by atoms with Gasteiger partial charge in [-0.15, -0.1) is 0 Å². The maximum absolute atomic E-state index is 12.1. The Hall–Kier alpha value is -1.91. The van der Waals surface area contributed by atoms with Gasteiger partial charge in [0.1, 0.15) is 6.10 Å². The highest BCUT2D eigenvalue weighted by molar-refractivity contribution is 5.69. The SMILES string of the molecule is CC/C=C\C/C=C\C/C=C\C/C=C\CCCOCC(CO)OC(=O)CCCCCCC/C=C\CCCCCCCCC. The van der Waals surface area contributed by atoms with Crippen LogP contribution in [-0.2, 0) is 14.3 Å². The topological polar surface area (TPSA) is 55.8 Å². The van der Waals surface area contributed by atoms with Crippen LogP contribution in [0.4, 0.5) is 0 Å². The Kier molecular flexibility index (Phi) is 33.7. The summed E-state index contributed by atoms with van der Waals surface area (Å²) in [5.41, 5.74) is 0. The van der Waals surface area contributed by atoms with Gasteiger partial charge in [-0.3, -0.25) is 4.79 Å². The molecule has 1 N–H and O–H groups in total. The quantitative estimate of drug-likeness (QED) is 0.0499. The van der Waals surface area contributed by atoms with Crippen LogP contribution in [0.15, 0.2) is 60.8 Å². The zero-order valence-electron chi connectivity index (χ0n) is 27.5. The average molecular weight is 587 g/mol. The van der Waals surface area contributed by atoms with E-state index in [1.807, 2.05) is 0 Å². The fourth-order valence-electron chi connectivity index (χ4n) is 4.50. The van der Waals surface area contributed by atoms with Crippen molar-refractivity contribution in [3.8, 4) is 0 Å². The van der Waals surface area contributed by atoms with Gasteiger partial charge in [0.05, 0.1) is 13.2 Å². The molecule has 0 aliphatic heterocycles. The highest BCUT2D eigenvalue weighted by Crippen LogP contribution is 2.11. The van der Waals surface area contributed by atoms with E-state index in [1.54, 1.807) is 0 Å². The van der Waals surface area contributed by atoms with E-state index in [9.17, 15) is 9.90 Å². The van der Waals surface area contributed by atoms with Crippen molar-refractivity contribution in [2.45, 2.75) is 155 Å². The largest absolute Gasteiger partial charge is 0.457 e. The predicted molar refractivity (Wildman–Crippen MR) is 182 cm³/mol. The first-order chi connectivity index (χ1) is 20.7. The summed E-state index contributed by atoms with van der Waals surface area (Å²) in [5.74, 6) is -0.231. The Morgan fingerprint density at radius 2 is 1.07 bits per heavy atom. The molecule has 0 aromatic rings. The summed E-state index contributed by atoms with van der Waals surface area (Å²) in [5, 5.41) is 9.53. The van der Waals surface area contributed by atoms with Crippen LogP contribution in [0.1, 0.15) is 149 Å². The molecule has 0 aliphatic rings. The molecule has 0 fully saturated rings. The molecule has 0 radical (unpaired) electrons. The first-order valence-corrected chi connectivity index (χ1v) is 17.4. The first-order valence-electron chi connectivity index (χ1n) is 17.4. The molecule has 0 amide bonds. The molecule has 0 saturated carbocycles. The van der Waals surface area contributed by atoms with Crippen molar-refractivity contribution >= 4 is 5.97 Å². The Morgan fingerprint density at radius 3 is 1.64 bits per heavy atom. The summed E-state index contributed by atoms with van der Waals surface area (Å²) >= 11 is 0. The molecule has 0 heterocycles. The van der Waals surface area contributed by atoms with E-state index in [0.29, 0.717) is 13.0 Å². The van der Waals surface area contributed by atoms with Gasteiger partial charge < -0.3 is 14.6 Å². The molecule has 0 aliphatic carbocycles. The second kappa shape index (κ2) is 35.3. The van der Waals surface area contributed by atoms with Crippen molar-refractivity contribution in [2.75, 3.05) is 19.8 Å². The lowest BCUT2D eigenvalue weighted by Crippen LogP contribution is -2.27. The fraction of sp³-hybridized carbons (Fsp3) is 0.711. The number of hydrogen-bond donors (Lipinski definition) is 1. The van der Waals surface area contributed by atoms with Crippen LogP contribution in [0.25, 0.3) is 0 Å². The minimum Gasteiger partial charge on any atom is -0.457 e. The number of rotatable bonds is 31. The monoisotopic (exact) mass is 586 g/mol. The maximum atomic E-state index is 12.1. The van der Waals surface area contributed by atoms with Gasteiger partial charge in [0.15, 0.2) is 0 Å². The molecule has 0 bridgehead atoms. The average Bonchev–Trinajstić information content (AvgIpc) is 3.00. The van der Waals surface area contributed by atoms with E-state index >= 15 is 0 Å². The molecule has 0 rings (SSSR count). The normalized spacial score (nSPS) is 13.1. The Bertz CT molecular complexity index is 704. The van der Waals surface area contributed by atoms with E-state index in [-0.39, 0.29) is 19.2 Å². The third-order valence-corrected chi connectivity index (χ3v) is 7.08. The number of carbonyl (C=O) groups excluding carboxylic acids is 1. The second-order valence-corrected chi connectivity index (χ2v) is 11.2. The van der Waals surface area contributed by atoms with E-state index in [1.165, 1.54) is 70.6 Å². The van der Waals surface area contributed by atoms with Crippen molar-refractivity contribution < 1.29 is 19.4 Å². The van der Waals surface area contributed by atoms with E-state index in [0.717, 1.165) is 57.8 Å². The second-order valence-electron chi connectivity index (χ2n) is 11.2. The first kappa shape index (κ1) is 40.1. The van der Waals surface area contributed by atoms with Gasteiger partial charge in [-0.2, -0.15) is 0 Å². The van der Waals surface area contributed by atoms with Gasteiger partial charge in [0.2, 0.25) is 0 Å². The van der Waals surface area contributed by atoms with Gasteiger partial charge in [-0.05, 0) is 70.6 Å². The van der Waals surface area contributed by atoms with Crippen LogP contribution >= 0.6 is 0 Å². The summed E-state index contributed by atoms with van der Waals surface area (Å²) in [6, 6.07) is 0. The summed E-state index contributed by atoms with van der Waals surface area (Å²) in [6.07, 6.45) is 45.5. The number of ether oxygens (including phenoxy) is 2. The van der Waals surface area contributed by atoms with Crippen LogP contribution in [0.5, 0.6) is 0 Å². The van der Waals surface area contributed by atoms with Crippen molar-refractivity contribution in [3.63, 3.8) is 0 Å². The Balaban J connectivity index is 3.57. The van der Waals surface area contributed by atoms with Gasteiger partial charge in [-0.25, -0.2) is 0 Å². The number of unbranched alkanes of at least 4 members (excludes halogenated alkanes) is 13. The molecule has 42 heavy (non-hydrogen) atoms. The fourth-order valence-corrected chi connectivity index (χ4v) is 4.50. The minimum absolute atomic E-state index is 0.199. The number of hydrogen-bond acceptors (Lipinski definition) is 4. The van der Waals surface area contributed by atoms with Gasteiger partial charge >= 0.3 is 5.97 Å². The zero-order valence-corrected chi connectivity index (χ0v) is 27.5. The number of esters is 1. The molecule has 242 valence electrons. The van der Waals surface area contributed by atoms with Crippen LogP contribution in [0.3, 0.4) is 0 Å². The number of carbonyl (C=O) groups is 1. The van der Waals surface area contributed by atoms with Crippen LogP contribution < -0.4 is 0 Å². The lowest BCUT2D eigenvalue weighted by molar-refractivity contribution is -0.154. The number of aliphatic hydroxyl groups excluding tert-OH is 1. The third kappa shape index (κ3) is 32.6. The molecule has 0 aromatic carbocycles. The predicted octanol–water partition coefficient (Wildman–Crippen LogP) is 10.9. The summed E-state index contributed by atoms with van der Waals surface area (Å²) in [6.45, 7) is 5.07. The zero-order chi connectivity index (χ0) is 30.6. The molecule has 4 heteroatoms. The summed E-state index contributed by atoms with van der Waals surface area (Å²) < 4.78 is 11.0. The number of aliphatic hydroxyl groups is 1. The molecular weight excluding hydrogens is 520 g/mol. The maximum Gasteiger partial charge on any atom is 0.306 e. The smallest absolute Gasteiger partial charge is 0.306 e. The molecule has 1 unspecified atom stereocenters. The minimum atomic E-state index is -0.567. The van der Waals surface area contributed by atoms with Crippen molar-refractivity contribution in [2.24, 2.45) is 0 Å². The van der Waals surface area contributed by atoms with Gasteiger partial charge in [0, 0.05) is 13.0 Å². The lowest BCUT2D eigenvalue weighted by Gasteiger charge is -2.15. The van der Waals surface area contributed by atoms with E-state index in [2.05, 4.69) is 74.6 Å². The summed E-state index contributed by atoms with van der Waals surface area (Å²) in [7, 11) is 0. The van der Waals surface area contributed by atoms with E-state index < -0.39 is 6.10 Å². The molecule has 1 atom stereocenters. The van der Waals surface area contributed by atoms with Crippen molar-refractivity contribution in [3.05, 3.63) is 60.8 Å². The van der Waals surface area contributed by atoms with Crippen LogP contribution in [-0.4, -0.2) is 37.0 Å². The number of allylic oxidation sites excluding steroid dienone is 10. The highest BCUT2D eigenvalue weighted by Gasteiger charge is 2.13. The van der Waals surface area contributed by atoms with E-state index in [4.69, 9.17) is 9.47 Å². The van der Waals surface area contributed by atoms with Crippen LogP contribution in [0, 0.1) is 0 Å². The van der Waals surface area contributed by atoms with Crippen LogP contribution in [0.2, 0.25) is 0 Å². The van der Waals surface area contributed by atoms with Crippen molar-refractivity contribution in [1.29, 1.82) is 0 Å². The Morgan fingerprint density at radius 1 is 0.595 bits per heavy atom. The third-order valence-electron chi connectivity index (χ3n) is 7.08. The molecular formula is C38H66O4.